The van der Waals surface area contributed by atoms with Gasteiger partial charge in [0.05, 0.1) is 6.04 Å². The molecule has 2 aromatic rings. The van der Waals surface area contributed by atoms with E-state index in [1.807, 2.05) is 38.2 Å². The summed E-state index contributed by atoms with van der Waals surface area (Å²) in [5.41, 5.74) is 1.05. The van der Waals surface area contributed by atoms with Gasteiger partial charge in [0.2, 0.25) is 0 Å². The molecule has 0 radical (unpaired) electrons. The van der Waals surface area contributed by atoms with Crippen molar-refractivity contribution in [3.63, 3.8) is 0 Å². The molecule has 1 aromatic heterocycles. The van der Waals surface area contributed by atoms with Gasteiger partial charge in [0.15, 0.2) is 0 Å². The third-order valence-electron chi connectivity index (χ3n) is 2.89. The first-order valence-corrected chi connectivity index (χ1v) is 6.53. The summed E-state index contributed by atoms with van der Waals surface area (Å²) in [5.74, 6) is 1.83. The lowest BCUT2D eigenvalue weighted by Gasteiger charge is -2.14. The number of furan rings is 1. The molecule has 0 spiro atoms. The molecule has 4 heteroatoms. The van der Waals surface area contributed by atoms with E-state index < -0.39 is 0 Å². The Bertz CT molecular complexity index is 536. The zero-order chi connectivity index (χ0) is 13.1. The van der Waals surface area contributed by atoms with Crippen LogP contribution in [0.15, 0.2) is 34.7 Å². The highest BCUT2D eigenvalue weighted by atomic mass is 35.5. The highest BCUT2D eigenvalue weighted by Crippen LogP contribution is 2.26. The Morgan fingerprint density at radius 1 is 1.22 bits per heavy atom. The molecule has 2 rings (SSSR count). The Balaban J connectivity index is 2.20. The van der Waals surface area contributed by atoms with E-state index in [-0.39, 0.29) is 6.04 Å². The number of hydrogen-bond donors (Lipinski definition) is 1. The van der Waals surface area contributed by atoms with E-state index in [0.29, 0.717) is 10.0 Å². The average molecular weight is 284 g/mol. The first-order chi connectivity index (χ1) is 8.60. The van der Waals surface area contributed by atoms with Gasteiger partial charge in [-0.05, 0) is 50.2 Å². The van der Waals surface area contributed by atoms with Crippen LogP contribution in [0.2, 0.25) is 10.0 Å². The molecule has 1 N–H and O–H groups in total. The second-order valence-corrected chi connectivity index (χ2v) is 5.07. The highest BCUT2D eigenvalue weighted by molar-refractivity contribution is 6.35. The Kier molecular flexibility index (Phi) is 4.33. The maximum Gasteiger partial charge on any atom is 0.121 e. The Morgan fingerprint density at radius 2 is 2.00 bits per heavy atom. The van der Waals surface area contributed by atoms with Gasteiger partial charge >= 0.3 is 0 Å². The maximum absolute atomic E-state index is 6.18. The van der Waals surface area contributed by atoms with Gasteiger partial charge in [-0.25, -0.2) is 0 Å². The molecule has 1 heterocycles. The first kappa shape index (κ1) is 13.5. The number of benzene rings is 1. The third kappa shape index (κ3) is 3.08. The molecule has 18 heavy (non-hydrogen) atoms. The van der Waals surface area contributed by atoms with Crippen molar-refractivity contribution in [2.75, 3.05) is 7.05 Å². The van der Waals surface area contributed by atoms with Crippen LogP contribution in [0.1, 0.15) is 23.1 Å². The van der Waals surface area contributed by atoms with Crippen LogP contribution in [-0.4, -0.2) is 7.05 Å². The number of rotatable bonds is 4. The van der Waals surface area contributed by atoms with Crippen LogP contribution >= 0.6 is 23.2 Å². The molecular formula is C14H15Cl2NO. The summed E-state index contributed by atoms with van der Waals surface area (Å²) in [6.07, 6.45) is 0.763. The van der Waals surface area contributed by atoms with E-state index in [4.69, 9.17) is 27.6 Å². The SMILES string of the molecule is CNC(Cc1ccc(Cl)cc1Cl)c1ccc(C)o1. The average Bonchev–Trinajstić information content (AvgIpc) is 2.75. The Labute approximate surface area is 117 Å². The van der Waals surface area contributed by atoms with Crippen molar-refractivity contribution in [1.29, 1.82) is 0 Å². The number of hydrogen-bond acceptors (Lipinski definition) is 2. The van der Waals surface area contributed by atoms with Gasteiger partial charge in [0.25, 0.3) is 0 Å². The van der Waals surface area contributed by atoms with E-state index in [2.05, 4.69) is 5.32 Å². The van der Waals surface area contributed by atoms with Gasteiger partial charge < -0.3 is 9.73 Å². The van der Waals surface area contributed by atoms with E-state index in [0.717, 1.165) is 23.5 Å². The second kappa shape index (κ2) is 5.79. The van der Waals surface area contributed by atoms with Crippen LogP contribution in [0.3, 0.4) is 0 Å². The smallest absolute Gasteiger partial charge is 0.121 e. The minimum atomic E-state index is 0.109. The van der Waals surface area contributed by atoms with Gasteiger partial charge in [-0.15, -0.1) is 0 Å². The largest absolute Gasteiger partial charge is 0.465 e. The first-order valence-electron chi connectivity index (χ1n) is 5.77. The zero-order valence-corrected chi connectivity index (χ0v) is 11.8. The van der Waals surface area contributed by atoms with Gasteiger partial charge in [0.1, 0.15) is 11.5 Å². The van der Waals surface area contributed by atoms with Crippen molar-refractivity contribution in [3.05, 3.63) is 57.5 Å². The van der Waals surface area contributed by atoms with Gasteiger partial charge in [0, 0.05) is 10.0 Å². The van der Waals surface area contributed by atoms with Crippen LogP contribution < -0.4 is 5.32 Å². The molecule has 2 nitrogen and oxygen atoms in total. The second-order valence-electron chi connectivity index (χ2n) is 4.23. The highest BCUT2D eigenvalue weighted by Gasteiger charge is 2.15. The van der Waals surface area contributed by atoms with Crippen molar-refractivity contribution < 1.29 is 4.42 Å². The van der Waals surface area contributed by atoms with Crippen LogP contribution in [0.25, 0.3) is 0 Å². The van der Waals surface area contributed by atoms with E-state index in [9.17, 15) is 0 Å². The van der Waals surface area contributed by atoms with Gasteiger partial charge in [-0.3, -0.25) is 0 Å². The Morgan fingerprint density at radius 3 is 2.56 bits per heavy atom. The fourth-order valence-electron chi connectivity index (χ4n) is 1.89. The lowest BCUT2D eigenvalue weighted by Crippen LogP contribution is -2.18. The molecule has 1 atom stereocenters. The van der Waals surface area contributed by atoms with Crippen molar-refractivity contribution >= 4 is 23.2 Å². The monoisotopic (exact) mass is 283 g/mol. The Hall–Kier alpha value is -0.960. The lowest BCUT2D eigenvalue weighted by molar-refractivity contribution is 0.414. The topological polar surface area (TPSA) is 25.2 Å². The summed E-state index contributed by atoms with van der Waals surface area (Å²) < 4.78 is 5.64. The van der Waals surface area contributed by atoms with Crippen molar-refractivity contribution in [1.82, 2.24) is 5.32 Å². The normalized spacial score (nSPS) is 12.7. The van der Waals surface area contributed by atoms with Gasteiger partial charge in [-0.2, -0.15) is 0 Å². The quantitative estimate of drug-likeness (QED) is 0.900. The molecule has 0 saturated heterocycles. The van der Waals surface area contributed by atoms with E-state index >= 15 is 0 Å². The predicted octanol–water partition coefficient (Wildman–Crippen LogP) is 4.40. The number of nitrogens with one attached hydrogen (secondary N) is 1. The fourth-order valence-corrected chi connectivity index (χ4v) is 2.38. The summed E-state index contributed by atoms with van der Waals surface area (Å²) in [6.45, 7) is 1.94. The third-order valence-corrected chi connectivity index (χ3v) is 3.48. The minimum absolute atomic E-state index is 0.109. The van der Waals surface area contributed by atoms with Crippen LogP contribution in [-0.2, 0) is 6.42 Å². The molecule has 0 aliphatic rings. The summed E-state index contributed by atoms with van der Waals surface area (Å²) >= 11 is 12.1. The molecule has 1 aromatic carbocycles. The molecular weight excluding hydrogens is 269 g/mol. The number of aryl methyl sites for hydroxylation is 1. The summed E-state index contributed by atoms with van der Waals surface area (Å²) in [5, 5.41) is 4.57. The summed E-state index contributed by atoms with van der Waals surface area (Å²) in [4.78, 5) is 0. The van der Waals surface area contributed by atoms with Crippen LogP contribution in [0, 0.1) is 6.92 Å². The van der Waals surface area contributed by atoms with Crippen LogP contribution in [0.5, 0.6) is 0 Å². The predicted molar refractivity (Wildman–Crippen MR) is 75.4 cm³/mol. The maximum atomic E-state index is 6.18. The molecule has 0 bridgehead atoms. The van der Waals surface area contributed by atoms with Gasteiger partial charge in [-0.1, -0.05) is 29.3 Å². The fraction of sp³-hybridized carbons (Fsp3) is 0.286. The minimum Gasteiger partial charge on any atom is -0.465 e. The van der Waals surface area contributed by atoms with Crippen molar-refractivity contribution in [2.45, 2.75) is 19.4 Å². The standard InChI is InChI=1S/C14H15Cl2NO/c1-9-3-6-14(18-9)13(17-2)7-10-4-5-11(15)8-12(10)16/h3-6,8,13,17H,7H2,1-2H3. The molecule has 0 fully saturated rings. The zero-order valence-electron chi connectivity index (χ0n) is 10.3. The summed E-state index contributed by atoms with van der Waals surface area (Å²) in [7, 11) is 1.91. The van der Waals surface area contributed by atoms with Crippen LogP contribution in [0.4, 0.5) is 0 Å². The van der Waals surface area contributed by atoms with Crippen molar-refractivity contribution in [2.24, 2.45) is 0 Å². The lowest BCUT2D eigenvalue weighted by atomic mass is 10.0. The molecule has 0 aliphatic carbocycles. The molecule has 0 aliphatic heterocycles. The van der Waals surface area contributed by atoms with E-state index in [1.54, 1.807) is 6.07 Å². The number of halogens is 2. The van der Waals surface area contributed by atoms with Crippen molar-refractivity contribution in [3.8, 4) is 0 Å². The summed E-state index contributed by atoms with van der Waals surface area (Å²) in [6, 6.07) is 9.62. The number of likely N-dealkylation sites (N-methyl/N-ethyl adjacent to an activating group) is 1. The van der Waals surface area contributed by atoms with E-state index in [1.165, 1.54) is 0 Å². The molecule has 0 amide bonds. The molecule has 1 unspecified atom stereocenters. The molecule has 96 valence electrons. The molecule has 0 saturated carbocycles.